The topological polar surface area (TPSA) is 70.2 Å². The minimum Gasteiger partial charge on any atom is -0.323 e. The van der Waals surface area contributed by atoms with Gasteiger partial charge in [0.25, 0.3) is 0 Å². The first kappa shape index (κ1) is 12.6. The van der Waals surface area contributed by atoms with Crippen molar-refractivity contribution < 1.29 is 4.79 Å². The van der Waals surface area contributed by atoms with E-state index in [0.717, 1.165) is 23.5 Å². The van der Waals surface area contributed by atoms with Crippen molar-refractivity contribution in [3.8, 4) is 0 Å². The van der Waals surface area contributed by atoms with E-state index in [1.54, 1.807) is 12.4 Å². The number of rotatable bonds is 3. The van der Waals surface area contributed by atoms with Crippen LogP contribution < -0.4 is 15.5 Å². The average Bonchev–Trinajstić information content (AvgIpc) is 2.47. The molecule has 0 fully saturated rings. The maximum absolute atomic E-state index is 11.8. The van der Waals surface area contributed by atoms with Gasteiger partial charge in [0.2, 0.25) is 11.9 Å². The highest BCUT2D eigenvalue weighted by atomic mass is 16.2. The third-order valence-corrected chi connectivity index (χ3v) is 3.08. The number of carbonyl (C=O) groups excluding carboxylic acids is 1. The van der Waals surface area contributed by atoms with Gasteiger partial charge in [-0.05, 0) is 19.2 Å². The molecule has 0 atom stereocenters. The lowest BCUT2D eigenvalue weighted by molar-refractivity contribution is -0.115. The van der Waals surface area contributed by atoms with Crippen LogP contribution in [0.2, 0.25) is 0 Å². The Morgan fingerprint density at radius 1 is 1.30 bits per heavy atom. The van der Waals surface area contributed by atoms with Crippen LogP contribution in [0.4, 0.5) is 17.3 Å². The van der Waals surface area contributed by atoms with Gasteiger partial charge in [0.1, 0.15) is 6.54 Å². The number of benzene rings is 1. The molecule has 6 heteroatoms. The Balaban J connectivity index is 1.95. The van der Waals surface area contributed by atoms with E-state index in [4.69, 9.17) is 0 Å². The molecule has 102 valence electrons. The zero-order valence-electron chi connectivity index (χ0n) is 11.1. The highest BCUT2D eigenvalue weighted by Gasteiger charge is 2.24. The SMILES string of the molecule is CNCc1cnc(N2CC(=O)Nc3ccccc32)nc1. The van der Waals surface area contributed by atoms with Gasteiger partial charge in [-0.1, -0.05) is 12.1 Å². The summed E-state index contributed by atoms with van der Waals surface area (Å²) in [7, 11) is 1.87. The highest BCUT2D eigenvalue weighted by Crippen LogP contribution is 2.32. The highest BCUT2D eigenvalue weighted by molar-refractivity contribution is 6.02. The Morgan fingerprint density at radius 3 is 2.80 bits per heavy atom. The third kappa shape index (κ3) is 2.33. The van der Waals surface area contributed by atoms with Crippen molar-refractivity contribution in [2.24, 2.45) is 0 Å². The Labute approximate surface area is 116 Å². The van der Waals surface area contributed by atoms with E-state index in [0.29, 0.717) is 5.95 Å². The summed E-state index contributed by atoms with van der Waals surface area (Å²) in [4.78, 5) is 22.3. The van der Waals surface area contributed by atoms with E-state index in [2.05, 4.69) is 20.6 Å². The summed E-state index contributed by atoms with van der Waals surface area (Å²) >= 11 is 0. The molecule has 0 spiro atoms. The van der Waals surface area contributed by atoms with Gasteiger partial charge in [0, 0.05) is 24.5 Å². The summed E-state index contributed by atoms with van der Waals surface area (Å²) in [5, 5.41) is 5.89. The van der Waals surface area contributed by atoms with Gasteiger partial charge in [-0.3, -0.25) is 9.69 Å². The lowest BCUT2D eigenvalue weighted by atomic mass is 10.2. The second kappa shape index (κ2) is 5.26. The molecule has 2 N–H and O–H groups in total. The molecule has 2 heterocycles. The van der Waals surface area contributed by atoms with Crippen LogP contribution in [0, 0.1) is 0 Å². The molecule has 0 aliphatic carbocycles. The van der Waals surface area contributed by atoms with Gasteiger partial charge in [0.05, 0.1) is 11.4 Å². The standard InChI is InChI=1S/C14H15N5O/c1-15-6-10-7-16-14(17-8-10)19-9-13(20)18-11-4-2-3-5-12(11)19/h2-5,7-8,15H,6,9H2,1H3,(H,18,20). The largest absolute Gasteiger partial charge is 0.323 e. The fourth-order valence-electron chi connectivity index (χ4n) is 2.19. The lowest BCUT2D eigenvalue weighted by Crippen LogP contribution is -2.35. The first-order chi connectivity index (χ1) is 9.78. The molecule has 0 bridgehead atoms. The molecule has 0 radical (unpaired) electrons. The molecule has 3 rings (SSSR count). The molecule has 1 aromatic carbocycles. The predicted molar refractivity (Wildman–Crippen MR) is 76.9 cm³/mol. The number of anilines is 3. The summed E-state index contributed by atoms with van der Waals surface area (Å²) in [5.74, 6) is 0.471. The second-order valence-electron chi connectivity index (χ2n) is 4.57. The van der Waals surface area contributed by atoms with Crippen molar-refractivity contribution in [3.05, 3.63) is 42.2 Å². The zero-order valence-corrected chi connectivity index (χ0v) is 11.1. The predicted octanol–water partition coefficient (Wildman–Crippen LogP) is 1.29. The van der Waals surface area contributed by atoms with Crippen LogP contribution in [0.15, 0.2) is 36.7 Å². The molecule has 0 unspecified atom stereocenters. The van der Waals surface area contributed by atoms with Gasteiger partial charge in [-0.25, -0.2) is 9.97 Å². The first-order valence-electron chi connectivity index (χ1n) is 6.40. The van der Waals surface area contributed by atoms with Gasteiger partial charge in [-0.15, -0.1) is 0 Å². The molecule has 2 aromatic rings. The number of hydrogen-bond acceptors (Lipinski definition) is 5. The van der Waals surface area contributed by atoms with Crippen molar-refractivity contribution in [1.29, 1.82) is 0 Å². The van der Waals surface area contributed by atoms with E-state index in [9.17, 15) is 4.79 Å². The van der Waals surface area contributed by atoms with Gasteiger partial charge < -0.3 is 10.6 Å². The third-order valence-electron chi connectivity index (χ3n) is 3.08. The quantitative estimate of drug-likeness (QED) is 0.878. The van der Waals surface area contributed by atoms with Crippen LogP contribution in [-0.2, 0) is 11.3 Å². The fourth-order valence-corrected chi connectivity index (χ4v) is 2.19. The van der Waals surface area contributed by atoms with Crippen LogP contribution in [0.5, 0.6) is 0 Å². The fraction of sp³-hybridized carbons (Fsp3) is 0.214. The van der Waals surface area contributed by atoms with Crippen LogP contribution in [0.3, 0.4) is 0 Å². The zero-order chi connectivity index (χ0) is 13.9. The maximum Gasteiger partial charge on any atom is 0.244 e. The maximum atomic E-state index is 11.8. The van der Waals surface area contributed by atoms with Crippen molar-refractivity contribution in [2.45, 2.75) is 6.54 Å². The Kier molecular flexibility index (Phi) is 3.30. The molecule has 20 heavy (non-hydrogen) atoms. The van der Waals surface area contributed by atoms with Gasteiger partial charge in [0.15, 0.2) is 0 Å². The van der Waals surface area contributed by atoms with Crippen LogP contribution >= 0.6 is 0 Å². The number of carbonyl (C=O) groups is 1. The molecule has 1 aliphatic heterocycles. The molecule has 0 saturated heterocycles. The average molecular weight is 269 g/mol. The van der Waals surface area contributed by atoms with Crippen molar-refractivity contribution in [1.82, 2.24) is 15.3 Å². The summed E-state index contributed by atoms with van der Waals surface area (Å²) in [6.45, 7) is 0.944. The minimum atomic E-state index is -0.0633. The molecule has 1 amide bonds. The molecule has 1 aliphatic rings. The monoisotopic (exact) mass is 269 g/mol. The van der Waals surface area contributed by atoms with E-state index in [1.165, 1.54) is 0 Å². The smallest absolute Gasteiger partial charge is 0.244 e. The summed E-state index contributed by atoms with van der Waals surface area (Å²) < 4.78 is 0. The number of nitrogens with one attached hydrogen (secondary N) is 2. The number of nitrogens with zero attached hydrogens (tertiary/aromatic N) is 3. The van der Waals surface area contributed by atoms with Crippen LogP contribution in [0.25, 0.3) is 0 Å². The first-order valence-corrected chi connectivity index (χ1v) is 6.40. The summed E-state index contributed by atoms with van der Waals surface area (Å²) in [5.41, 5.74) is 2.70. The number of para-hydroxylation sites is 2. The number of amides is 1. The van der Waals surface area contributed by atoms with E-state index < -0.39 is 0 Å². The molecule has 0 saturated carbocycles. The van der Waals surface area contributed by atoms with Crippen LogP contribution in [-0.4, -0.2) is 29.5 Å². The number of aromatic nitrogens is 2. The van der Waals surface area contributed by atoms with Gasteiger partial charge >= 0.3 is 0 Å². The minimum absolute atomic E-state index is 0.0633. The summed E-state index contributed by atoms with van der Waals surface area (Å²) in [6.07, 6.45) is 3.54. The normalized spacial score (nSPS) is 13.8. The van der Waals surface area contributed by atoms with Crippen molar-refractivity contribution >= 4 is 23.2 Å². The lowest BCUT2D eigenvalue weighted by Gasteiger charge is -2.28. The Morgan fingerprint density at radius 2 is 2.05 bits per heavy atom. The Hall–Kier alpha value is -2.47. The molecule has 6 nitrogen and oxygen atoms in total. The summed E-state index contributed by atoms with van der Waals surface area (Å²) in [6, 6.07) is 7.63. The van der Waals surface area contributed by atoms with Crippen molar-refractivity contribution in [3.63, 3.8) is 0 Å². The van der Waals surface area contributed by atoms with Gasteiger partial charge in [-0.2, -0.15) is 0 Å². The second-order valence-corrected chi connectivity index (χ2v) is 4.57. The van der Waals surface area contributed by atoms with E-state index >= 15 is 0 Å². The molecular weight excluding hydrogens is 254 g/mol. The van der Waals surface area contributed by atoms with Crippen LogP contribution in [0.1, 0.15) is 5.56 Å². The van der Waals surface area contributed by atoms with Crippen molar-refractivity contribution in [2.75, 3.05) is 23.8 Å². The van der Waals surface area contributed by atoms with E-state index in [1.807, 2.05) is 36.2 Å². The molecule has 1 aromatic heterocycles. The Bertz CT molecular complexity index is 626. The number of fused-ring (bicyclic) bond motifs is 1. The number of hydrogen-bond donors (Lipinski definition) is 2. The van der Waals surface area contributed by atoms with E-state index in [-0.39, 0.29) is 12.5 Å². The molecular formula is C14H15N5O.